The second kappa shape index (κ2) is 10.4. The molecule has 0 fully saturated rings. The van der Waals surface area contributed by atoms with Crippen LogP contribution in [0.3, 0.4) is 0 Å². The number of carbonyl (C=O) groups excluding carboxylic acids is 1. The number of unbranched alkanes of at least 4 members (excludes halogenated alkanes) is 1. The van der Waals surface area contributed by atoms with Crippen molar-refractivity contribution in [1.29, 1.82) is 10.8 Å². The molecule has 0 saturated heterocycles. The zero-order chi connectivity index (χ0) is 21.4. The molecule has 0 aliphatic heterocycles. The normalized spacial score (nSPS) is 10.8. The number of benzene rings is 1. The van der Waals surface area contributed by atoms with Gasteiger partial charge in [0.25, 0.3) is 0 Å². The number of amidine groups is 1. The van der Waals surface area contributed by atoms with Crippen molar-refractivity contribution < 1.29 is 9.53 Å². The van der Waals surface area contributed by atoms with Crippen molar-refractivity contribution in [1.82, 2.24) is 14.9 Å². The number of amides is 1. The second-order valence-electron chi connectivity index (χ2n) is 7.14. The van der Waals surface area contributed by atoms with Crippen LogP contribution < -0.4 is 11.1 Å². The van der Waals surface area contributed by atoms with Gasteiger partial charge in [-0.25, -0.2) is 4.98 Å². The lowest BCUT2D eigenvalue weighted by Crippen LogP contribution is -2.22. The fourth-order valence-electron chi connectivity index (χ4n) is 3.01. The van der Waals surface area contributed by atoms with Crippen LogP contribution in [0.5, 0.6) is 0 Å². The predicted molar refractivity (Wildman–Crippen MR) is 113 cm³/mol. The largest absolute Gasteiger partial charge is 0.474 e. The number of nitrogens with zero attached hydrogens (tertiary/aromatic N) is 2. The van der Waals surface area contributed by atoms with E-state index in [0.717, 1.165) is 36.2 Å². The summed E-state index contributed by atoms with van der Waals surface area (Å²) in [5, 5.41) is 19.0. The molecule has 0 aliphatic rings. The van der Waals surface area contributed by atoms with Gasteiger partial charge in [-0.05, 0) is 31.4 Å². The Morgan fingerprint density at radius 2 is 1.93 bits per heavy atom. The Bertz CT molecular complexity index is 855. The second-order valence-corrected chi connectivity index (χ2v) is 7.14. The van der Waals surface area contributed by atoms with Gasteiger partial charge in [0.05, 0.1) is 6.10 Å². The molecule has 2 rings (SSSR count). The first-order valence-corrected chi connectivity index (χ1v) is 9.81. The van der Waals surface area contributed by atoms with Crippen LogP contribution in [0.2, 0.25) is 0 Å². The molecule has 8 heteroatoms. The lowest BCUT2D eigenvalue weighted by molar-refractivity contribution is -0.109. The van der Waals surface area contributed by atoms with E-state index in [1.54, 1.807) is 0 Å². The summed E-state index contributed by atoms with van der Waals surface area (Å²) in [7, 11) is 0. The quantitative estimate of drug-likeness (QED) is 0.263. The first-order valence-electron chi connectivity index (χ1n) is 9.81. The van der Waals surface area contributed by atoms with E-state index in [1.807, 2.05) is 42.7 Å². The van der Waals surface area contributed by atoms with E-state index in [0.29, 0.717) is 25.2 Å². The minimum atomic E-state index is -0.177. The highest BCUT2D eigenvalue weighted by atomic mass is 16.5. The van der Waals surface area contributed by atoms with Gasteiger partial charge in [0.15, 0.2) is 0 Å². The summed E-state index contributed by atoms with van der Waals surface area (Å²) < 4.78 is 7.54. The first-order chi connectivity index (χ1) is 13.9. The van der Waals surface area contributed by atoms with Gasteiger partial charge in [0, 0.05) is 19.5 Å². The number of ether oxygens (including phenoxy) is 1. The molecule has 1 aromatic carbocycles. The molecular formula is C21H30N6O2. The van der Waals surface area contributed by atoms with Crippen LogP contribution in [-0.4, -0.2) is 33.8 Å². The topological polar surface area (TPSA) is 130 Å². The number of aryl methyl sites for hydroxylation is 1. The lowest BCUT2D eigenvalue weighted by atomic mass is 10.1. The third-order valence-corrected chi connectivity index (χ3v) is 4.38. The molecular weight excluding hydrogens is 368 g/mol. The molecule has 0 radical (unpaired) electrons. The number of hydrogen-bond donors (Lipinski definition) is 4. The average molecular weight is 399 g/mol. The third kappa shape index (κ3) is 5.91. The summed E-state index contributed by atoms with van der Waals surface area (Å²) in [6, 6.07) is 7.87. The highest BCUT2D eigenvalue weighted by Gasteiger charge is 2.24. The van der Waals surface area contributed by atoms with E-state index < -0.39 is 0 Å². The zero-order valence-electron chi connectivity index (χ0n) is 17.3. The van der Waals surface area contributed by atoms with Gasteiger partial charge in [-0.15, -0.1) is 0 Å². The maximum Gasteiger partial charge on any atom is 0.233 e. The van der Waals surface area contributed by atoms with Crippen molar-refractivity contribution in [2.75, 3.05) is 0 Å². The number of rotatable bonds is 11. The zero-order valence-corrected chi connectivity index (χ0v) is 17.3. The van der Waals surface area contributed by atoms with Crippen molar-refractivity contribution >= 4 is 18.1 Å². The van der Waals surface area contributed by atoms with Gasteiger partial charge >= 0.3 is 0 Å². The van der Waals surface area contributed by atoms with Gasteiger partial charge in [-0.2, -0.15) is 0 Å². The molecule has 0 saturated carbocycles. The summed E-state index contributed by atoms with van der Waals surface area (Å²) in [6.45, 7) is 6.78. The Morgan fingerprint density at radius 3 is 2.48 bits per heavy atom. The molecule has 29 heavy (non-hydrogen) atoms. The smallest absolute Gasteiger partial charge is 0.233 e. The highest BCUT2D eigenvalue weighted by molar-refractivity contribution is 6.04. The molecule has 5 N–H and O–H groups in total. The van der Waals surface area contributed by atoms with E-state index in [2.05, 4.69) is 17.2 Å². The summed E-state index contributed by atoms with van der Waals surface area (Å²) >= 11 is 0. The van der Waals surface area contributed by atoms with Crippen molar-refractivity contribution in [2.24, 2.45) is 5.73 Å². The van der Waals surface area contributed by atoms with Gasteiger partial charge in [0.1, 0.15) is 23.0 Å². The minimum absolute atomic E-state index is 0.0350. The summed E-state index contributed by atoms with van der Waals surface area (Å²) in [5.74, 6) is 0.576. The maximum atomic E-state index is 10.5. The van der Waals surface area contributed by atoms with Crippen molar-refractivity contribution in [3.63, 3.8) is 0 Å². The van der Waals surface area contributed by atoms with E-state index in [9.17, 15) is 4.79 Å². The third-order valence-electron chi connectivity index (χ3n) is 4.38. The first kappa shape index (κ1) is 22.1. The number of nitrogen functional groups attached to an aromatic ring is 1. The number of aromatic nitrogens is 2. The van der Waals surface area contributed by atoms with Gasteiger partial charge in [-0.3, -0.25) is 15.6 Å². The average Bonchev–Trinajstić information content (AvgIpc) is 3.04. The fourth-order valence-corrected chi connectivity index (χ4v) is 3.01. The number of imidazole rings is 1. The van der Waals surface area contributed by atoms with E-state index in [-0.39, 0.29) is 23.5 Å². The molecule has 8 nitrogen and oxygen atoms in total. The molecule has 0 atom stereocenters. The number of hydrogen-bond acceptors (Lipinski definition) is 5. The van der Waals surface area contributed by atoms with Crippen LogP contribution in [0.25, 0.3) is 0 Å². The highest BCUT2D eigenvalue weighted by Crippen LogP contribution is 2.19. The van der Waals surface area contributed by atoms with Gasteiger partial charge in [0.2, 0.25) is 12.3 Å². The predicted octanol–water partition coefficient (Wildman–Crippen LogP) is 2.55. The molecule has 0 unspecified atom stereocenters. The molecule has 1 heterocycles. The molecule has 0 bridgehead atoms. The Balaban J connectivity index is 2.44. The van der Waals surface area contributed by atoms with E-state index >= 15 is 0 Å². The van der Waals surface area contributed by atoms with Crippen molar-refractivity contribution in [3.05, 3.63) is 52.6 Å². The monoisotopic (exact) mass is 398 g/mol. The van der Waals surface area contributed by atoms with Crippen LogP contribution in [-0.2, 0) is 29.0 Å². The van der Waals surface area contributed by atoms with Crippen LogP contribution >= 0.6 is 0 Å². The molecule has 0 spiro atoms. The Hall–Kier alpha value is -3.16. The van der Waals surface area contributed by atoms with E-state index in [4.69, 9.17) is 21.3 Å². The standard InChI is InChI=1S/C21H30N6O2/c1-4-5-6-17-26-18(20(22)23)19(21(24)29-14(2)3)27(17)12-16-9-7-15(8-10-16)11-25-13-28/h7-10,13-14,24H,4-6,11-12H2,1-3H3,(H3,22,23)(H,25,28). The molecule has 1 amide bonds. The summed E-state index contributed by atoms with van der Waals surface area (Å²) in [4.78, 5) is 15.0. The Morgan fingerprint density at radius 1 is 1.28 bits per heavy atom. The van der Waals surface area contributed by atoms with Crippen LogP contribution in [0.15, 0.2) is 24.3 Å². The van der Waals surface area contributed by atoms with Gasteiger partial charge in [-0.1, -0.05) is 37.6 Å². The fraction of sp³-hybridized carbons (Fsp3) is 0.429. The Kier molecular flexibility index (Phi) is 7.94. The molecule has 0 aliphatic carbocycles. The molecule has 156 valence electrons. The SMILES string of the molecule is CCCCc1nc(C(=N)N)c(C(=N)OC(C)C)n1Cc1ccc(CNC=O)cc1. The van der Waals surface area contributed by atoms with Crippen molar-refractivity contribution in [2.45, 2.75) is 59.2 Å². The van der Waals surface area contributed by atoms with Crippen LogP contribution in [0.1, 0.15) is 62.0 Å². The minimum Gasteiger partial charge on any atom is -0.474 e. The Labute approximate surface area is 171 Å². The van der Waals surface area contributed by atoms with Gasteiger partial charge < -0.3 is 20.4 Å². The molecule has 1 aromatic heterocycles. The lowest BCUT2D eigenvalue weighted by Gasteiger charge is -2.16. The molecule has 2 aromatic rings. The summed E-state index contributed by atoms with van der Waals surface area (Å²) in [5.41, 5.74) is 8.51. The number of nitrogens with one attached hydrogen (secondary N) is 3. The van der Waals surface area contributed by atoms with Crippen LogP contribution in [0.4, 0.5) is 0 Å². The number of nitrogens with two attached hydrogens (primary N) is 1. The summed E-state index contributed by atoms with van der Waals surface area (Å²) in [6.07, 6.45) is 3.19. The van der Waals surface area contributed by atoms with Crippen molar-refractivity contribution in [3.8, 4) is 0 Å². The number of carbonyl (C=O) groups is 1. The van der Waals surface area contributed by atoms with E-state index in [1.165, 1.54) is 0 Å². The van der Waals surface area contributed by atoms with Crippen LogP contribution in [0, 0.1) is 10.8 Å². The maximum absolute atomic E-state index is 10.5.